The predicted octanol–water partition coefficient (Wildman–Crippen LogP) is 2.67. The molecule has 0 fully saturated rings. The summed E-state index contributed by atoms with van der Waals surface area (Å²) in [5.41, 5.74) is 1.21. The van der Waals surface area contributed by atoms with Gasteiger partial charge in [0.05, 0.1) is 18.9 Å². The molecule has 116 valence electrons. The number of nitrogens with zero attached hydrogens (tertiary/aromatic N) is 2. The molecule has 1 N–H and O–H groups in total. The first-order chi connectivity index (χ1) is 10.6. The molecule has 1 aromatic heterocycles. The van der Waals surface area contributed by atoms with E-state index in [2.05, 4.69) is 9.97 Å². The number of hydrogen-bond acceptors (Lipinski definition) is 6. The summed E-state index contributed by atoms with van der Waals surface area (Å²) < 4.78 is 18.5. The first-order valence-corrected chi connectivity index (χ1v) is 7.81. The second-order valence-corrected chi connectivity index (χ2v) is 5.08. The lowest BCUT2D eigenvalue weighted by Gasteiger charge is -2.10. The van der Waals surface area contributed by atoms with Crippen LogP contribution in [0.25, 0.3) is 11.3 Å². The minimum Gasteiger partial charge on any atom is -0.462 e. The third-order valence-electron chi connectivity index (χ3n) is 2.93. The molecule has 0 spiro atoms. The van der Waals surface area contributed by atoms with Crippen LogP contribution in [0.15, 0.2) is 29.6 Å². The molecular weight excluding hydrogens is 307 g/mol. The van der Waals surface area contributed by atoms with Gasteiger partial charge in [0.15, 0.2) is 5.16 Å². The summed E-state index contributed by atoms with van der Waals surface area (Å²) in [6.45, 7) is 1.50. The highest BCUT2D eigenvalue weighted by Crippen LogP contribution is 2.26. The van der Waals surface area contributed by atoms with E-state index in [0.717, 1.165) is 0 Å². The van der Waals surface area contributed by atoms with Crippen LogP contribution in [0.1, 0.15) is 22.8 Å². The highest BCUT2D eigenvalue weighted by molar-refractivity contribution is 7.98. The van der Waals surface area contributed by atoms with Crippen LogP contribution in [0.3, 0.4) is 0 Å². The Kier molecular flexibility index (Phi) is 5.46. The van der Waals surface area contributed by atoms with Crippen molar-refractivity contribution < 1.29 is 19.0 Å². The predicted molar refractivity (Wildman–Crippen MR) is 81.1 cm³/mol. The van der Waals surface area contributed by atoms with Crippen LogP contribution >= 0.6 is 11.8 Å². The lowest BCUT2D eigenvalue weighted by Crippen LogP contribution is -2.09. The second-order valence-electron chi connectivity index (χ2n) is 4.30. The van der Waals surface area contributed by atoms with Gasteiger partial charge in [-0.3, -0.25) is 0 Å². The number of aromatic nitrogens is 2. The van der Waals surface area contributed by atoms with Gasteiger partial charge in [-0.05, 0) is 31.4 Å². The molecule has 0 aliphatic rings. The number of hydrogen-bond donors (Lipinski definition) is 1. The lowest BCUT2D eigenvalue weighted by molar-refractivity contribution is 0.0526. The van der Waals surface area contributed by atoms with Crippen LogP contribution in [0.4, 0.5) is 4.39 Å². The van der Waals surface area contributed by atoms with E-state index >= 15 is 0 Å². The van der Waals surface area contributed by atoms with E-state index in [9.17, 15) is 14.3 Å². The third-order valence-corrected chi connectivity index (χ3v) is 3.50. The van der Waals surface area contributed by atoms with E-state index in [1.54, 1.807) is 6.92 Å². The van der Waals surface area contributed by atoms with Gasteiger partial charge in [0, 0.05) is 17.3 Å². The molecule has 2 rings (SSSR count). The smallest absolute Gasteiger partial charge is 0.341 e. The Morgan fingerprint density at radius 1 is 1.45 bits per heavy atom. The van der Waals surface area contributed by atoms with Crippen LogP contribution in [-0.2, 0) is 11.3 Å². The van der Waals surface area contributed by atoms with Crippen molar-refractivity contribution in [3.63, 3.8) is 0 Å². The maximum absolute atomic E-state index is 13.5. The zero-order chi connectivity index (χ0) is 16.1. The number of esters is 1. The second kappa shape index (κ2) is 7.33. The van der Waals surface area contributed by atoms with Gasteiger partial charge in [-0.1, -0.05) is 11.8 Å². The van der Waals surface area contributed by atoms with E-state index in [1.165, 1.54) is 36.2 Å². The molecule has 7 heteroatoms. The Labute approximate surface area is 131 Å². The number of carbonyl (C=O) groups excluding carboxylic acids is 1. The SMILES string of the molecule is CCOC(=O)c1cnc(SC)nc1-c1ccc(F)c(CO)c1. The summed E-state index contributed by atoms with van der Waals surface area (Å²) in [4.78, 5) is 20.4. The number of carbonyl (C=O) groups is 1. The van der Waals surface area contributed by atoms with Crippen LogP contribution in [0.5, 0.6) is 0 Å². The van der Waals surface area contributed by atoms with E-state index in [1.807, 2.05) is 6.26 Å². The molecule has 5 nitrogen and oxygen atoms in total. The number of rotatable bonds is 5. The highest BCUT2D eigenvalue weighted by Gasteiger charge is 2.18. The van der Waals surface area contributed by atoms with Crippen molar-refractivity contribution in [2.75, 3.05) is 12.9 Å². The minimum absolute atomic E-state index is 0.136. The van der Waals surface area contributed by atoms with E-state index in [-0.39, 0.29) is 17.7 Å². The quantitative estimate of drug-likeness (QED) is 0.518. The number of halogens is 1. The molecule has 0 radical (unpaired) electrons. The van der Waals surface area contributed by atoms with E-state index in [4.69, 9.17) is 4.74 Å². The van der Waals surface area contributed by atoms with Gasteiger partial charge in [-0.25, -0.2) is 19.2 Å². The molecule has 0 saturated carbocycles. The Balaban J connectivity index is 2.58. The summed E-state index contributed by atoms with van der Waals surface area (Å²) in [5, 5.41) is 9.67. The number of aliphatic hydroxyl groups excluding tert-OH is 1. The van der Waals surface area contributed by atoms with Crippen molar-refractivity contribution in [2.24, 2.45) is 0 Å². The van der Waals surface area contributed by atoms with Crippen LogP contribution in [0.2, 0.25) is 0 Å². The maximum Gasteiger partial charge on any atom is 0.341 e. The molecule has 0 aliphatic carbocycles. The standard InChI is InChI=1S/C15H15FN2O3S/c1-3-21-14(20)11-7-17-15(22-2)18-13(11)9-4-5-12(16)10(6-9)8-19/h4-7,19H,3,8H2,1-2H3. The molecule has 0 atom stereocenters. The Bertz CT molecular complexity index is 694. The molecule has 0 amide bonds. The molecule has 1 heterocycles. The topological polar surface area (TPSA) is 72.3 Å². The molecule has 0 bridgehead atoms. The van der Waals surface area contributed by atoms with Crippen molar-refractivity contribution in [1.82, 2.24) is 9.97 Å². The van der Waals surface area contributed by atoms with Crippen LogP contribution in [0, 0.1) is 5.82 Å². The van der Waals surface area contributed by atoms with Crippen molar-refractivity contribution in [3.8, 4) is 11.3 Å². The average molecular weight is 322 g/mol. The molecule has 0 unspecified atom stereocenters. The van der Waals surface area contributed by atoms with Gasteiger partial charge in [0.1, 0.15) is 11.4 Å². The normalized spacial score (nSPS) is 10.5. The highest BCUT2D eigenvalue weighted by atomic mass is 32.2. The van der Waals surface area contributed by atoms with Crippen molar-refractivity contribution in [3.05, 3.63) is 41.3 Å². The minimum atomic E-state index is -0.542. The van der Waals surface area contributed by atoms with Crippen molar-refractivity contribution in [1.29, 1.82) is 0 Å². The van der Waals surface area contributed by atoms with Gasteiger partial charge < -0.3 is 9.84 Å². The fourth-order valence-electron chi connectivity index (χ4n) is 1.89. The molecular formula is C15H15FN2O3S. The number of benzene rings is 1. The van der Waals surface area contributed by atoms with Gasteiger partial charge in [-0.2, -0.15) is 0 Å². The van der Waals surface area contributed by atoms with Crippen LogP contribution in [-0.4, -0.2) is 33.9 Å². The maximum atomic E-state index is 13.5. The van der Waals surface area contributed by atoms with Crippen LogP contribution < -0.4 is 0 Å². The van der Waals surface area contributed by atoms with Crippen molar-refractivity contribution >= 4 is 17.7 Å². The summed E-state index contributed by atoms with van der Waals surface area (Å²) >= 11 is 1.33. The fourth-order valence-corrected chi connectivity index (χ4v) is 2.23. The number of aliphatic hydroxyl groups is 1. The fraction of sp³-hybridized carbons (Fsp3) is 0.267. The summed E-state index contributed by atoms with van der Waals surface area (Å²) in [5.74, 6) is -1.05. The zero-order valence-electron chi connectivity index (χ0n) is 12.2. The molecule has 22 heavy (non-hydrogen) atoms. The Morgan fingerprint density at radius 3 is 2.86 bits per heavy atom. The van der Waals surface area contributed by atoms with Gasteiger partial charge in [0.2, 0.25) is 0 Å². The Morgan fingerprint density at radius 2 is 2.23 bits per heavy atom. The average Bonchev–Trinajstić information content (AvgIpc) is 2.55. The largest absolute Gasteiger partial charge is 0.462 e. The molecule has 1 aromatic carbocycles. The van der Waals surface area contributed by atoms with Gasteiger partial charge in [0.25, 0.3) is 0 Å². The van der Waals surface area contributed by atoms with Gasteiger partial charge in [-0.15, -0.1) is 0 Å². The Hall–Kier alpha value is -1.99. The number of ether oxygens (including phenoxy) is 1. The zero-order valence-corrected chi connectivity index (χ0v) is 13.0. The van der Waals surface area contributed by atoms with Crippen molar-refractivity contribution in [2.45, 2.75) is 18.7 Å². The first-order valence-electron chi connectivity index (χ1n) is 6.58. The first kappa shape index (κ1) is 16.4. The monoisotopic (exact) mass is 322 g/mol. The summed E-state index contributed by atoms with van der Waals surface area (Å²) in [7, 11) is 0. The number of thioether (sulfide) groups is 1. The molecule has 0 aliphatic heterocycles. The van der Waals surface area contributed by atoms with E-state index < -0.39 is 18.4 Å². The summed E-state index contributed by atoms with van der Waals surface area (Å²) in [6, 6.07) is 4.20. The lowest BCUT2D eigenvalue weighted by atomic mass is 10.0. The molecule has 2 aromatic rings. The molecule has 0 saturated heterocycles. The van der Waals surface area contributed by atoms with E-state index in [0.29, 0.717) is 16.4 Å². The summed E-state index contributed by atoms with van der Waals surface area (Å²) in [6.07, 6.45) is 3.21. The van der Waals surface area contributed by atoms with Gasteiger partial charge >= 0.3 is 5.97 Å². The third kappa shape index (κ3) is 3.42.